The fourth-order valence-electron chi connectivity index (χ4n) is 0.306. The minimum Gasteiger partial charge on any atom is -0.813 e. The van der Waals surface area contributed by atoms with Crippen LogP contribution in [-0.4, -0.2) is 31.3 Å². The molecule has 0 heterocycles. The fourth-order valence-corrected chi connectivity index (χ4v) is 0.306. The Hall–Kier alpha value is 0.990. The molecule has 0 aromatic heterocycles. The van der Waals surface area contributed by atoms with E-state index in [-0.39, 0.29) is 65.7 Å². The van der Waals surface area contributed by atoms with Crippen LogP contribution in [0, 0.1) is 0 Å². The van der Waals surface area contributed by atoms with Crippen LogP contribution in [0.5, 0.6) is 0 Å². The zero-order valence-electron chi connectivity index (χ0n) is 13.7. The predicted octanol–water partition coefficient (Wildman–Crippen LogP) is -6.16. The number of nitrogens with two attached hydrogens (primary N) is 1. The summed E-state index contributed by atoms with van der Waals surface area (Å²) in [6, 6.07) is 0. The third-order valence-electron chi connectivity index (χ3n) is 0.610. The first-order valence-electron chi connectivity index (χ1n) is 5.04. The minimum absolute atomic E-state index is 0. The summed E-state index contributed by atoms with van der Waals surface area (Å²) < 4.78 is 8.52. The third-order valence-corrected chi connectivity index (χ3v) is 0.610. The van der Waals surface area contributed by atoms with Gasteiger partial charge in [0.2, 0.25) is 0 Å². The van der Waals surface area contributed by atoms with Crippen LogP contribution < -0.4 is 80.0 Å². The fraction of sp³-hybridized carbons (Fsp3) is 0.333. The molecule has 0 bridgehead atoms. The molecule has 0 rings (SSSR count). The van der Waals surface area contributed by atoms with Crippen LogP contribution in [-0.2, 0) is 4.57 Å². The molecule has 118 valence electrons. The maximum absolute atomic E-state index is 8.52. The number of nitrogens with one attached hydrogen (secondary N) is 1. The molecule has 4 N–H and O–H groups in total. The average Bonchev–Trinajstić information content (AvgIpc) is 2.47. The number of hydrogen-bond acceptors (Lipinski definition) is 6. The van der Waals surface area contributed by atoms with Crippen molar-refractivity contribution < 1.29 is 78.6 Å². The van der Waals surface area contributed by atoms with Crippen molar-refractivity contribution in [3.8, 4) is 0 Å². The van der Waals surface area contributed by atoms with E-state index >= 15 is 0 Å². The van der Waals surface area contributed by atoms with Gasteiger partial charge >= 0.3 is 59.1 Å². The summed E-state index contributed by atoms with van der Waals surface area (Å²) >= 11 is 0. The summed E-state index contributed by atoms with van der Waals surface area (Å²) in [5.41, 5.74) is 5.13. The predicted molar refractivity (Wildman–Crippen MR) is 83.0 cm³/mol. The van der Waals surface area contributed by atoms with Gasteiger partial charge in [-0.25, -0.2) is 0 Å². The summed E-state index contributed by atoms with van der Waals surface area (Å²) in [6.45, 7) is 26.3. The van der Waals surface area contributed by atoms with E-state index in [4.69, 9.17) is 25.2 Å². The van der Waals surface area contributed by atoms with Gasteiger partial charge in [-0.1, -0.05) is 8.25 Å². The van der Waals surface area contributed by atoms with Gasteiger partial charge in [0.15, 0.2) is 0 Å². The maximum Gasteiger partial charge on any atom is 1.00 e. The molecule has 0 fully saturated rings. The molecule has 0 radical (unpaired) electrons. The SMILES string of the molecule is C=C.C=C.C=C.C=C.NCCNCCO.O=[PH]([O-])[O-].[Na+].[Na+]. The van der Waals surface area contributed by atoms with Gasteiger partial charge in [0.25, 0.3) is 0 Å². The molecule has 0 unspecified atom stereocenters. The van der Waals surface area contributed by atoms with Crippen molar-refractivity contribution in [3.63, 3.8) is 0 Å². The van der Waals surface area contributed by atoms with Crippen molar-refractivity contribution in [3.05, 3.63) is 52.6 Å². The molecule has 0 amide bonds. The first-order chi connectivity index (χ1) is 9.15. The second kappa shape index (κ2) is 104. The van der Waals surface area contributed by atoms with Crippen molar-refractivity contribution in [2.45, 2.75) is 0 Å². The van der Waals surface area contributed by atoms with Gasteiger partial charge in [-0.2, -0.15) is 0 Å². The van der Waals surface area contributed by atoms with E-state index in [2.05, 4.69) is 57.9 Å². The third kappa shape index (κ3) is 304. The Labute approximate surface area is 175 Å². The van der Waals surface area contributed by atoms with Crippen molar-refractivity contribution in [2.24, 2.45) is 5.73 Å². The van der Waals surface area contributed by atoms with E-state index in [1.807, 2.05) is 0 Å². The second-order valence-corrected chi connectivity index (χ2v) is 2.01. The van der Waals surface area contributed by atoms with E-state index in [1.165, 1.54) is 0 Å². The summed E-state index contributed by atoms with van der Waals surface area (Å²) in [7, 11) is -3.63. The van der Waals surface area contributed by atoms with E-state index in [9.17, 15) is 0 Å². The second-order valence-electron chi connectivity index (χ2n) is 1.51. The van der Waals surface area contributed by atoms with E-state index in [0.29, 0.717) is 13.1 Å². The minimum atomic E-state index is -3.63. The molecular weight excluding hydrogens is 313 g/mol. The van der Waals surface area contributed by atoms with Gasteiger partial charge in [-0.3, -0.25) is 0 Å². The van der Waals surface area contributed by atoms with E-state index in [0.717, 1.165) is 6.54 Å². The number of aliphatic hydroxyl groups is 1. The van der Waals surface area contributed by atoms with Crippen molar-refractivity contribution in [2.75, 3.05) is 26.2 Å². The van der Waals surface area contributed by atoms with E-state index < -0.39 is 8.25 Å². The first-order valence-corrected chi connectivity index (χ1v) is 6.27. The molecule has 0 aliphatic rings. The Morgan fingerprint density at radius 1 is 0.905 bits per heavy atom. The summed E-state index contributed by atoms with van der Waals surface area (Å²) in [6.07, 6.45) is 0. The summed E-state index contributed by atoms with van der Waals surface area (Å²) in [5.74, 6) is 0. The largest absolute Gasteiger partial charge is 1.00 e. The molecule has 0 aromatic carbocycles. The number of aliphatic hydroxyl groups excluding tert-OH is 1. The summed E-state index contributed by atoms with van der Waals surface area (Å²) in [4.78, 5) is 17.0. The molecule has 6 nitrogen and oxygen atoms in total. The molecule has 0 atom stereocenters. The summed E-state index contributed by atoms with van der Waals surface area (Å²) in [5, 5.41) is 11.1. The van der Waals surface area contributed by atoms with Gasteiger partial charge in [-0.05, 0) is 0 Å². The molecule has 0 spiro atoms. The van der Waals surface area contributed by atoms with E-state index in [1.54, 1.807) is 0 Å². The van der Waals surface area contributed by atoms with Crippen LogP contribution in [0.15, 0.2) is 52.6 Å². The monoisotopic (exact) mass is 342 g/mol. The molecule has 9 heteroatoms. The van der Waals surface area contributed by atoms with Crippen LogP contribution in [0.25, 0.3) is 0 Å². The van der Waals surface area contributed by atoms with Gasteiger partial charge in [0, 0.05) is 19.6 Å². The normalized spacial score (nSPS) is 5.57. The molecule has 21 heavy (non-hydrogen) atoms. The Bertz CT molecular complexity index is 134. The first kappa shape index (κ1) is 49.5. The molecule has 0 aliphatic carbocycles. The Balaban J connectivity index is -0.0000000177. The van der Waals surface area contributed by atoms with Gasteiger partial charge < -0.3 is 30.5 Å². The number of hydrogen-bond donors (Lipinski definition) is 3. The molecule has 0 saturated carbocycles. The average molecular weight is 342 g/mol. The Kier molecular flexibility index (Phi) is 245. The molecular formula is C12H29N2Na2O4P. The molecule has 0 aromatic rings. The van der Waals surface area contributed by atoms with Gasteiger partial charge in [-0.15, -0.1) is 52.6 Å². The Morgan fingerprint density at radius 3 is 1.29 bits per heavy atom. The quantitative estimate of drug-likeness (QED) is 0.202. The Morgan fingerprint density at radius 2 is 1.14 bits per heavy atom. The standard InChI is InChI=1S/C4H12N2O.4C2H4.2Na.H3O3P/c5-1-2-6-3-4-7;4*1-2;;;1-4(2)3/h6-7H,1-5H2;4*1-2H2;;;4H,(H2,1,2,3)/q;;;;;2*+1;/p-2. The van der Waals surface area contributed by atoms with Crippen molar-refractivity contribution in [1.29, 1.82) is 0 Å². The topological polar surface area (TPSA) is 121 Å². The molecule has 0 saturated heterocycles. The van der Waals surface area contributed by atoms with Crippen LogP contribution in [0.4, 0.5) is 0 Å². The zero-order chi connectivity index (χ0) is 17.1. The van der Waals surface area contributed by atoms with Crippen LogP contribution in [0.2, 0.25) is 0 Å². The van der Waals surface area contributed by atoms with Crippen molar-refractivity contribution in [1.82, 2.24) is 5.32 Å². The van der Waals surface area contributed by atoms with Gasteiger partial charge in [0.05, 0.1) is 6.61 Å². The van der Waals surface area contributed by atoms with Crippen molar-refractivity contribution >= 4 is 8.25 Å². The molecule has 0 aliphatic heterocycles. The number of rotatable bonds is 4. The maximum atomic E-state index is 8.52. The van der Waals surface area contributed by atoms with Gasteiger partial charge in [0.1, 0.15) is 0 Å². The smallest absolute Gasteiger partial charge is 0.813 e. The zero-order valence-corrected chi connectivity index (χ0v) is 18.7. The van der Waals surface area contributed by atoms with Crippen LogP contribution in [0.1, 0.15) is 0 Å². The van der Waals surface area contributed by atoms with Crippen LogP contribution in [0.3, 0.4) is 0 Å². The van der Waals surface area contributed by atoms with Crippen LogP contribution >= 0.6 is 8.25 Å².